The summed E-state index contributed by atoms with van der Waals surface area (Å²) >= 11 is 0. The molecule has 2 aliphatic rings. The van der Waals surface area contributed by atoms with E-state index in [4.69, 9.17) is 15.7 Å². The summed E-state index contributed by atoms with van der Waals surface area (Å²) in [4.78, 5) is 16.5. The Morgan fingerprint density at radius 3 is 2.79 bits per heavy atom. The van der Waals surface area contributed by atoms with E-state index >= 15 is 0 Å². The minimum atomic E-state index is 0.269. The fourth-order valence-corrected chi connectivity index (χ4v) is 4.53. The van der Waals surface area contributed by atoms with Gasteiger partial charge in [-0.05, 0) is 48.6 Å². The van der Waals surface area contributed by atoms with Gasteiger partial charge in [0.15, 0.2) is 0 Å². The van der Waals surface area contributed by atoms with E-state index in [1.807, 2.05) is 24.5 Å². The molecule has 0 saturated heterocycles. The Labute approximate surface area is 171 Å². The van der Waals surface area contributed by atoms with Crippen molar-refractivity contribution >= 4 is 17.1 Å². The van der Waals surface area contributed by atoms with Crippen molar-refractivity contribution < 1.29 is 0 Å². The number of hydrogen-bond donors (Lipinski definition) is 1. The number of benzene rings is 1. The van der Waals surface area contributed by atoms with Crippen molar-refractivity contribution in [2.75, 3.05) is 12.3 Å². The summed E-state index contributed by atoms with van der Waals surface area (Å²) in [5.74, 6) is 0. The standard InChI is InChI=1S/C24H25N5/c25-21-10-12-26-14-19(21)15-29(16-20-13-18-5-1-2-8-22(18)28-20)23-9-3-6-17-7-4-11-27-24(17)23/h1-2,4-5,7-8,10-12,14,23H,3,6,9,13,15-16H2,(H2,25,26). The molecule has 3 heterocycles. The monoisotopic (exact) mass is 383 g/mol. The highest BCUT2D eigenvalue weighted by Gasteiger charge is 2.29. The zero-order chi connectivity index (χ0) is 19.6. The molecular weight excluding hydrogens is 358 g/mol. The first kappa shape index (κ1) is 18.0. The molecule has 0 bridgehead atoms. The molecule has 1 atom stereocenters. The molecule has 1 aliphatic heterocycles. The average Bonchev–Trinajstić information content (AvgIpc) is 3.17. The summed E-state index contributed by atoms with van der Waals surface area (Å²) in [5, 5.41) is 0. The van der Waals surface area contributed by atoms with Crippen LogP contribution in [0, 0.1) is 0 Å². The van der Waals surface area contributed by atoms with Crippen molar-refractivity contribution in [3.05, 3.63) is 83.4 Å². The summed E-state index contributed by atoms with van der Waals surface area (Å²) in [6.45, 7) is 1.55. The molecule has 2 N–H and O–H groups in total. The van der Waals surface area contributed by atoms with Gasteiger partial charge in [-0.25, -0.2) is 0 Å². The molecule has 2 aromatic heterocycles. The Morgan fingerprint density at radius 2 is 1.90 bits per heavy atom. The minimum absolute atomic E-state index is 0.269. The number of hydrogen-bond acceptors (Lipinski definition) is 5. The van der Waals surface area contributed by atoms with E-state index in [0.717, 1.165) is 49.3 Å². The van der Waals surface area contributed by atoms with Gasteiger partial charge in [-0.3, -0.25) is 19.9 Å². The zero-order valence-corrected chi connectivity index (χ0v) is 16.5. The van der Waals surface area contributed by atoms with Crippen molar-refractivity contribution in [2.24, 2.45) is 4.99 Å². The van der Waals surface area contributed by atoms with Crippen LogP contribution in [-0.4, -0.2) is 27.1 Å². The molecule has 0 radical (unpaired) electrons. The van der Waals surface area contributed by atoms with Crippen molar-refractivity contribution in [1.29, 1.82) is 0 Å². The predicted molar refractivity (Wildman–Crippen MR) is 116 cm³/mol. The van der Waals surface area contributed by atoms with Gasteiger partial charge in [0.1, 0.15) is 0 Å². The molecule has 3 aromatic rings. The van der Waals surface area contributed by atoms with Crippen LogP contribution in [0.15, 0.2) is 66.0 Å². The Morgan fingerprint density at radius 1 is 1.00 bits per heavy atom. The number of aryl methyl sites for hydroxylation is 1. The topological polar surface area (TPSA) is 67.4 Å². The van der Waals surface area contributed by atoms with E-state index in [1.165, 1.54) is 29.0 Å². The molecular formula is C24H25N5. The molecule has 1 unspecified atom stereocenters. The Balaban J connectivity index is 1.47. The van der Waals surface area contributed by atoms with Gasteiger partial charge in [0.25, 0.3) is 0 Å². The molecule has 5 rings (SSSR count). The van der Waals surface area contributed by atoms with Crippen molar-refractivity contribution in [2.45, 2.75) is 38.3 Å². The van der Waals surface area contributed by atoms with Crippen LogP contribution in [0.1, 0.15) is 41.3 Å². The molecule has 29 heavy (non-hydrogen) atoms. The first-order valence-electron chi connectivity index (χ1n) is 10.3. The van der Waals surface area contributed by atoms with Gasteiger partial charge in [0.2, 0.25) is 0 Å². The van der Waals surface area contributed by atoms with Gasteiger partial charge in [0, 0.05) is 55.1 Å². The van der Waals surface area contributed by atoms with E-state index in [2.05, 4.69) is 40.2 Å². The lowest BCUT2D eigenvalue weighted by molar-refractivity contribution is 0.191. The summed E-state index contributed by atoms with van der Waals surface area (Å²) < 4.78 is 0. The van der Waals surface area contributed by atoms with E-state index in [9.17, 15) is 0 Å². The lowest BCUT2D eigenvalue weighted by atomic mass is 9.90. The first-order chi connectivity index (χ1) is 14.3. The maximum Gasteiger partial charge on any atom is 0.0665 e. The Kier molecular flexibility index (Phi) is 4.82. The summed E-state index contributed by atoms with van der Waals surface area (Å²) in [5.41, 5.74) is 14.3. The number of fused-ring (bicyclic) bond motifs is 2. The third-order valence-corrected chi connectivity index (χ3v) is 5.97. The Bertz CT molecular complexity index is 1060. The maximum absolute atomic E-state index is 6.26. The summed E-state index contributed by atoms with van der Waals surface area (Å²) in [6, 6.07) is 14.8. The fourth-order valence-electron chi connectivity index (χ4n) is 4.53. The fraction of sp³-hybridized carbons (Fsp3) is 0.292. The summed E-state index contributed by atoms with van der Waals surface area (Å²) in [6.07, 6.45) is 9.84. The molecule has 5 heteroatoms. The average molecular weight is 383 g/mol. The van der Waals surface area contributed by atoms with Gasteiger partial charge < -0.3 is 5.73 Å². The maximum atomic E-state index is 6.26. The van der Waals surface area contributed by atoms with E-state index in [-0.39, 0.29) is 6.04 Å². The quantitative estimate of drug-likeness (QED) is 0.714. The number of pyridine rings is 2. The second-order valence-corrected chi connectivity index (χ2v) is 7.92. The van der Waals surface area contributed by atoms with Crippen molar-refractivity contribution in [3.63, 3.8) is 0 Å². The number of nitrogen functional groups attached to an aromatic ring is 1. The highest BCUT2D eigenvalue weighted by atomic mass is 15.2. The van der Waals surface area contributed by atoms with Crippen LogP contribution < -0.4 is 5.73 Å². The zero-order valence-electron chi connectivity index (χ0n) is 16.5. The number of anilines is 1. The molecule has 1 aromatic carbocycles. The van der Waals surface area contributed by atoms with Gasteiger partial charge in [-0.1, -0.05) is 24.3 Å². The van der Waals surface area contributed by atoms with Crippen LogP contribution in [-0.2, 0) is 19.4 Å². The first-order valence-corrected chi connectivity index (χ1v) is 10.3. The number of nitrogens with two attached hydrogens (primary N) is 1. The number of aromatic nitrogens is 2. The SMILES string of the molecule is Nc1ccncc1CN(CC1=Nc2ccccc2C1)C1CCCc2cccnc21. The lowest BCUT2D eigenvalue weighted by Gasteiger charge is -2.35. The summed E-state index contributed by atoms with van der Waals surface area (Å²) in [7, 11) is 0. The van der Waals surface area contributed by atoms with Gasteiger partial charge in [-0.2, -0.15) is 0 Å². The smallest absolute Gasteiger partial charge is 0.0665 e. The van der Waals surface area contributed by atoms with Gasteiger partial charge in [0.05, 0.1) is 17.4 Å². The molecule has 146 valence electrons. The van der Waals surface area contributed by atoms with Gasteiger partial charge in [-0.15, -0.1) is 0 Å². The van der Waals surface area contributed by atoms with E-state index < -0.39 is 0 Å². The number of aliphatic imine (C=N–C) groups is 1. The molecule has 5 nitrogen and oxygen atoms in total. The third-order valence-electron chi connectivity index (χ3n) is 5.97. The second-order valence-electron chi connectivity index (χ2n) is 7.92. The van der Waals surface area contributed by atoms with Crippen LogP contribution in [0.2, 0.25) is 0 Å². The van der Waals surface area contributed by atoms with Crippen LogP contribution in [0.5, 0.6) is 0 Å². The van der Waals surface area contributed by atoms with Crippen molar-refractivity contribution in [1.82, 2.24) is 14.9 Å². The Hall–Kier alpha value is -3.05. The second kappa shape index (κ2) is 7.76. The number of para-hydroxylation sites is 1. The molecule has 0 saturated carbocycles. The normalized spacial score (nSPS) is 17.7. The van der Waals surface area contributed by atoms with Crippen LogP contribution in [0.3, 0.4) is 0 Å². The van der Waals surface area contributed by atoms with E-state index in [1.54, 1.807) is 6.20 Å². The van der Waals surface area contributed by atoms with Crippen molar-refractivity contribution in [3.8, 4) is 0 Å². The lowest BCUT2D eigenvalue weighted by Crippen LogP contribution is -2.36. The number of rotatable bonds is 5. The van der Waals surface area contributed by atoms with Crippen LogP contribution >= 0.6 is 0 Å². The highest BCUT2D eigenvalue weighted by molar-refractivity contribution is 5.95. The largest absolute Gasteiger partial charge is 0.398 e. The van der Waals surface area contributed by atoms with Gasteiger partial charge >= 0.3 is 0 Å². The highest BCUT2D eigenvalue weighted by Crippen LogP contribution is 2.35. The third kappa shape index (κ3) is 3.66. The van der Waals surface area contributed by atoms with E-state index in [0.29, 0.717) is 0 Å². The minimum Gasteiger partial charge on any atom is -0.398 e. The molecule has 1 aliphatic carbocycles. The predicted octanol–water partition coefficient (Wildman–Crippen LogP) is 4.27. The molecule has 0 amide bonds. The van der Waals surface area contributed by atoms with Crippen LogP contribution in [0.25, 0.3) is 0 Å². The number of nitrogens with zero attached hydrogens (tertiary/aromatic N) is 4. The molecule has 0 fully saturated rings. The molecule has 0 spiro atoms. The van der Waals surface area contributed by atoms with Crippen LogP contribution in [0.4, 0.5) is 11.4 Å².